The molecule has 0 radical (unpaired) electrons. The molecule has 78 valence electrons. The molecule has 0 fully saturated rings. The molecule has 0 aliphatic rings. The van der Waals surface area contributed by atoms with E-state index in [-0.39, 0.29) is 12.3 Å². The topological polar surface area (TPSA) is 55.0 Å². The number of esters is 1. The number of nitrogens with zero attached hydrogens (tertiary/aromatic N) is 1. The molecule has 1 heterocycles. The van der Waals surface area contributed by atoms with Crippen LogP contribution >= 0.6 is 0 Å². The number of halogens is 1. The maximum atomic E-state index is 12.9. The number of hydrogen-bond acceptors (Lipinski definition) is 3. The van der Waals surface area contributed by atoms with Gasteiger partial charge in [0.2, 0.25) is 0 Å². The Balaban J connectivity index is 2.52. The Morgan fingerprint density at radius 1 is 1.60 bits per heavy atom. The first-order valence-electron chi connectivity index (χ1n) is 4.53. The van der Waals surface area contributed by atoms with Crippen LogP contribution in [-0.4, -0.2) is 22.8 Å². The zero-order chi connectivity index (χ0) is 10.8. The molecule has 0 spiro atoms. The second kappa shape index (κ2) is 3.68. The van der Waals surface area contributed by atoms with Gasteiger partial charge in [-0.05, 0) is 25.1 Å². The maximum absolute atomic E-state index is 12.9. The molecule has 2 aromatic rings. The molecule has 1 N–H and O–H groups in total. The maximum Gasteiger partial charge on any atom is 0.359 e. The average Bonchev–Trinajstić information content (AvgIpc) is 2.60. The molecule has 0 amide bonds. The number of carbonyl (C=O) groups excluding carboxylic acids is 1. The molecular weight excluding hydrogens is 199 g/mol. The van der Waals surface area contributed by atoms with Crippen LogP contribution in [0.4, 0.5) is 4.39 Å². The fourth-order valence-electron chi connectivity index (χ4n) is 1.34. The highest BCUT2D eigenvalue weighted by Gasteiger charge is 2.15. The van der Waals surface area contributed by atoms with Gasteiger partial charge in [0, 0.05) is 5.39 Å². The summed E-state index contributed by atoms with van der Waals surface area (Å²) in [5.41, 5.74) is 0.728. The number of aromatic nitrogens is 2. The highest BCUT2D eigenvalue weighted by Crippen LogP contribution is 2.17. The minimum atomic E-state index is -0.547. The molecule has 15 heavy (non-hydrogen) atoms. The molecule has 0 atom stereocenters. The number of fused-ring (bicyclic) bond motifs is 1. The third kappa shape index (κ3) is 1.68. The summed E-state index contributed by atoms with van der Waals surface area (Å²) in [6, 6.07) is 4.08. The summed E-state index contributed by atoms with van der Waals surface area (Å²) < 4.78 is 17.7. The van der Waals surface area contributed by atoms with Gasteiger partial charge in [0.25, 0.3) is 0 Å². The van der Waals surface area contributed by atoms with Gasteiger partial charge in [-0.2, -0.15) is 5.10 Å². The van der Waals surface area contributed by atoms with Gasteiger partial charge in [0.05, 0.1) is 12.1 Å². The van der Waals surface area contributed by atoms with Crippen LogP contribution in [0.15, 0.2) is 18.2 Å². The molecule has 0 saturated heterocycles. The van der Waals surface area contributed by atoms with Gasteiger partial charge < -0.3 is 4.74 Å². The number of aromatic amines is 1. The zero-order valence-electron chi connectivity index (χ0n) is 8.08. The monoisotopic (exact) mass is 208 g/mol. The molecular formula is C10H9FN2O2. The standard InChI is InChI=1S/C10H9FN2O2/c1-2-15-10(14)9-7-5-6(11)3-4-8(7)12-13-9/h3-5H,2H2,1H3,(H,12,13). The second-order valence-electron chi connectivity index (χ2n) is 2.98. The first-order valence-corrected chi connectivity index (χ1v) is 4.53. The van der Waals surface area contributed by atoms with Crippen molar-refractivity contribution in [2.24, 2.45) is 0 Å². The van der Waals surface area contributed by atoms with Crippen molar-refractivity contribution >= 4 is 16.9 Å². The van der Waals surface area contributed by atoms with Gasteiger partial charge in [-0.25, -0.2) is 9.18 Å². The van der Waals surface area contributed by atoms with Crippen molar-refractivity contribution in [3.63, 3.8) is 0 Å². The predicted octanol–water partition coefficient (Wildman–Crippen LogP) is 1.88. The Labute approximate surface area is 85.0 Å². The van der Waals surface area contributed by atoms with Crippen LogP contribution < -0.4 is 0 Å². The van der Waals surface area contributed by atoms with Crippen molar-refractivity contribution < 1.29 is 13.9 Å². The summed E-state index contributed by atoms with van der Waals surface area (Å²) >= 11 is 0. The van der Waals surface area contributed by atoms with Crippen LogP contribution in [0.5, 0.6) is 0 Å². The molecule has 0 bridgehead atoms. The molecule has 5 heteroatoms. The van der Waals surface area contributed by atoms with Crippen molar-refractivity contribution in [2.45, 2.75) is 6.92 Å². The van der Waals surface area contributed by atoms with E-state index in [0.717, 1.165) is 0 Å². The zero-order valence-corrected chi connectivity index (χ0v) is 8.08. The largest absolute Gasteiger partial charge is 0.461 e. The lowest BCUT2D eigenvalue weighted by atomic mass is 10.2. The van der Waals surface area contributed by atoms with Crippen molar-refractivity contribution in [3.05, 3.63) is 29.7 Å². The fraction of sp³-hybridized carbons (Fsp3) is 0.200. The lowest BCUT2D eigenvalue weighted by molar-refractivity contribution is 0.0521. The highest BCUT2D eigenvalue weighted by atomic mass is 19.1. The van der Waals surface area contributed by atoms with E-state index in [9.17, 15) is 9.18 Å². The van der Waals surface area contributed by atoms with Gasteiger partial charge in [0.15, 0.2) is 5.69 Å². The van der Waals surface area contributed by atoms with Gasteiger partial charge >= 0.3 is 5.97 Å². The molecule has 0 aliphatic heterocycles. The molecule has 0 saturated carbocycles. The summed E-state index contributed by atoms with van der Waals surface area (Å²) in [5.74, 6) is -0.955. The summed E-state index contributed by atoms with van der Waals surface area (Å²) in [6.45, 7) is 1.97. The predicted molar refractivity (Wildman–Crippen MR) is 52.0 cm³/mol. The SMILES string of the molecule is CCOC(=O)c1n[nH]c2ccc(F)cc12. The van der Waals surface area contributed by atoms with E-state index >= 15 is 0 Å². The average molecular weight is 208 g/mol. The van der Waals surface area contributed by atoms with E-state index in [0.29, 0.717) is 10.9 Å². The number of benzene rings is 1. The molecule has 2 rings (SSSR count). The van der Waals surface area contributed by atoms with Gasteiger partial charge in [-0.3, -0.25) is 5.10 Å². The minimum Gasteiger partial charge on any atom is -0.461 e. The molecule has 1 aromatic carbocycles. The molecule has 1 aromatic heterocycles. The number of hydrogen-bond donors (Lipinski definition) is 1. The van der Waals surface area contributed by atoms with Gasteiger partial charge in [-0.15, -0.1) is 0 Å². The number of carbonyl (C=O) groups is 1. The summed E-state index contributed by atoms with van der Waals surface area (Å²) in [4.78, 5) is 11.4. The Kier molecular flexibility index (Phi) is 2.37. The van der Waals surface area contributed by atoms with Crippen LogP contribution in [0.3, 0.4) is 0 Å². The first kappa shape index (κ1) is 9.64. The van der Waals surface area contributed by atoms with Crippen LogP contribution in [0.2, 0.25) is 0 Å². The van der Waals surface area contributed by atoms with E-state index in [4.69, 9.17) is 4.74 Å². The quantitative estimate of drug-likeness (QED) is 0.766. The van der Waals surface area contributed by atoms with Crippen molar-refractivity contribution in [3.8, 4) is 0 Å². The molecule has 4 nitrogen and oxygen atoms in total. The van der Waals surface area contributed by atoms with Crippen LogP contribution in [0.1, 0.15) is 17.4 Å². The minimum absolute atomic E-state index is 0.117. The Bertz CT molecular complexity index is 507. The van der Waals surface area contributed by atoms with Crippen LogP contribution in [-0.2, 0) is 4.74 Å². The van der Waals surface area contributed by atoms with E-state index < -0.39 is 11.8 Å². The van der Waals surface area contributed by atoms with Crippen LogP contribution in [0.25, 0.3) is 10.9 Å². The summed E-state index contributed by atoms with van der Waals surface area (Å²) in [6.07, 6.45) is 0. The highest BCUT2D eigenvalue weighted by molar-refractivity contribution is 6.01. The number of rotatable bonds is 2. The lowest BCUT2D eigenvalue weighted by Gasteiger charge is -1.97. The van der Waals surface area contributed by atoms with E-state index in [1.807, 2.05) is 0 Å². The van der Waals surface area contributed by atoms with E-state index in [1.165, 1.54) is 18.2 Å². The first-order chi connectivity index (χ1) is 7.22. The second-order valence-corrected chi connectivity index (χ2v) is 2.98. The summed E-state index contributed by atoms with van der Waals surface area (Å²) in [5, 5.41) is 6.86. The summed E-state index contributed by atoms with van der Waals surface area (Å²) in [7, 11) is 0. The van der Waals surface area contributed by atoms with E-state index in [2.05, 4.69) is 10.2 Å². The lowest BCUT2D eigenvalue weighted by Crippen LogP contribution is -2.05. The van der Waals surface area contributed by atoms with Gasteiger partial charge in [0.1, 0.15) is 5.82 Å². The number of H-pyrrole nitrogens is 1. The Hall–Kier alpha value is -1.91. The smallest absolute Gasteiger partial charge is 0.359 e. The van der Waals surface area contributed by atoms with Crippen molar-refractivity contribution in [1.29, 1.82) is 0 Å². The third-order valence-electron chi connectivity index (χ3n) is 1.99. The number of nitrogens with one attached hydrogen (secondary N) is 1. The Morgan fingerprint density at radius 3 is 3.13 bits per heavy atom. The van der Waals surface area contributed by atoms with Crippen molar-refractivity contribution in [1.82, 2.24) is 10.2 Å². The molecule has 0 unspecified atom stereocenters. The normalized spacial score (nSPS) is 10.5. The van der Waals surface area contributed by atoms with Gasteiger partial charge in [-0.1, -0.05) is 0 Å². The van der Waals surface area contributed by atoms with E-state index in [1.54, 1.807) is 6.92 Å². The fourth-order valence-corrected chi connectivity index (χ4v) is 1.34. The third-order valence-corrected chi connectivity index (χ3v) is 1.99. The number of ether oxygens (including phenoxy) is 1. The van der Waals surface area contributed by atoms with Crippen LogP contribution in [0, 0.1) is 5.82 Å². The molecule has 0 aliphatic carbocycles. The van der Waals surface area contributed by atoms with Crippen molar-refractivity contribution in [2.75, 3.05) is 6.61 Å². The Morgan fingerprint density at radius 2 is 2.40 bits per heavy atom.